The van der Waals surface area contributed by atoms with Crippen LogP contribution >= 0.6 is 15.9 Å². The molecule has 1 rings (SSSR count). The fraction of sp³-hybridized carbons (Fsp3) is 0.333. The van der Waals surface area contributed by atoms with Gasteiger partial charge in [0.15, 0.2) is 0 Å². The normalized spacial score (nSPS) is 15.9. The molecule has 1 aliphatic heterocycles. The SMILES string of the molecule is BrCCC1=CC=C[N]1. The average molecular weight is 173 g/mol. The van der Waals surface area contributed by atoms with Crippen LogP contribution in [0.5, 0.6) is 0 Å². The van der Waals surface area contributed by atoms with Crippen molar-refractivity contribution in [2.24, 2.45) is 0 Å². The van der Waals surface area contributed by atoms with Crippen molar-refractivity contribution in [3.63, 3.8) is 0 Å². The molecular weight excluding hydrogens is 166 g/mol. The summed E-state index contributed by atoms with van der Waals surface area (Å²) in [5.74, 6) is 0. The first-order chi connectivity index (χ1) is 3.93. The summed E-state index contributed by atoms with van der Waals surface area (Å²) in [5, 5.41) is 5.08. The molecule has 1 aliphatic rings. The third-order valence-corrected chi connectivity index (χ3v) is 1.36. The third-order valence-electron chi connectivity index (χ3n) is 0.966. The van der Waals surface area contributed by atoms with Gasteiger partial charge in [-0.2, -0.15) is 0 Å². The lowest BCUT2D eigenvalue weighted by Crippen LogP contribution is -1.91. The zero-order valence-corrected chi connectivity index (χ0v) is 6.06. The predicted octanol–water partition coefficient (Wildman–Crippen LogP) is 1.79. The maximum Gasteiger partial charge on any atom is 0.0412 e. The monoisotopic (exact) mass is 172 g/mol. The van der Waals surface area contributed by atoms with Crippen LogP contribution in [0.1, 0.15) is 6.42 Å². The van der Waals surface area contributed by atoms with Crippen LogP contribution in [0.15, 0.2) is 24.0 Å². The molecule has 0 aromatic rings. The van der Waals surface area contributed by atoms with Gasteiger partial charge in [0.2, 0.25) is 0 Å². The van der Waals surface area contributed by atoms with E-state index in [0.29, 0.717) is 0 Å². The van der Waals surface area contributed by atoms with Crippen molar-refractivity contribution in [3.8, 4) is 0 Å². The largest absolute Gasteiger partial charge is 0.261 e. The van der Waals surface area contributed by atoms with Crippen LogP contribution in [0.3, 0.4) is 0 Å². The van der Waals surface area contributed by atoms with E-state index in [1.54, 1.807) is 0 Å². The molecule has 0 unspecified atom stereocenters. The van der Waals surface area contributed by atoms with Crippen LogP contribution in [0, 0.1) is 0 Å². The van der Waals surface area contributed by atoms with Gasteiger partial charge >= 0.3 is 0 Å². The van der Waals surface area contributed by atoms with Crippen LogP contribution < -0.4 is 5.32 Å². The summed E-state index contributed by atoms with van der Waals surface area (Å²) in [6.07, 6.45) is 6.84. The van der Waals surface area contributed by atoms with Gasteiger partial charge in [-0.05, 0) is 18.6 Å². The van der Waals surface area contributed by atoms with Crippen LogP contribution in [-0.4, -0.2) is 5.33 Å². The van der Waals surface area contributed by atoms with Crippen LogP contribution in [0.2, 0.25) is 0 Å². The first-order valence-corrected chi connectivity index (χ1v) is 3.68. The fourth-order valence-electron chi connectivity index (χ4n) is 0.581. The topological polar surface area (TPSA) is 14.1 Å². The van der Waals surface area contributed by atoms with Gasteiger partial charge in [-0.25, -0.2) is 0 Å². The molecule has 1 radical (unpaired) electrons. The highest BCUT2D eigenvalue weighted by molar-refractivity contribution is 9.09. The maximum atomic E-state index is 4.08. The minimum Gasteiger partial charge on any atom is -0.261 e. The molecule has 0 aromatic carbocycles. The van der Waals surface area contributed by atoms with Crippen LogP contribution in [0.25, 0.3) is 0 Å². The van der Waals surface area contributed by atoms with E-state index in [-0.39, 0.29) is 0 Å². The maximum absolute atomic E-state index is 4.08. The Labute approximate surface area is 57.6 Å². The minimum atomic E-state index is 1.00. The van der Waals surface area contributed by atoms with E-state index in [9.17, 15) is 0 Å². The smallest absolute Gasteiger partial charge is 0.0412 e. The Bertz CT molecular complexity index is 126. The molecule has 0 saturated carbocycles. The summed E-state index contributed by atoms with van der Waals surface area (Å²) in [6, 6.07) is 0. The van der Waals surface area contributed by atoms with Gasteiger partial charge in [-0.15, -0.1) is 0 Å². The summed E-state index contributed by atoms with van der Waals surface area (Å²) in [4.78, 5) is 0. The fourth-order valence-corrected chi connectivity index (χ4v) is 0.987. The van der Waals surface area contributed by atoms with Crippen molar-refractivity contribution >= 4 is 15.9 Å². The van der Waals surface area contributed by atoms with Crippen LogP contribution in [0.4, 0.5) is 0 Å². The molecule has 0 atom stereocenters. The number of allylic oxidation sites excluding steroid dienone is 3. The van der Waals surface area contributed by atoms with Gasteiger partial charge in [-0.1, -0.05) is 15.9 Å². The summed E-state index contributed by atoms with van der Waals surface area (Å²) in [6.45, 7) is 0. The summed E-state index contributed by atoms with van der Waals surface area (Å²) >= 11 is 3.33. The molecule has 1 nitrogen and oxygen atoms in total. The Hall–Kier alpha value is -0.240. The molecule has 8 heavy (non-hydrogen) atoms. The second-order valence-electron chi connectivity index (χ2n) is 1.57. The second kappa shape index (κ2) is 2.92. The van der Waals surface area contributed by atoms with Gasteiger partial charge in [0, 0.05) is 17.2 Å². The number of alkyl halides is 1. The summed E-state index contributed by atoms with van der Waals surface area (Å²) < 4.78 is 0. The number of hydrogen-bond acceptors (Lipinski definition) is 0. The number of halogens is 1. The van der Waals surface area contributed by atoms with Crippen molar-refractivity contribution in [3.05, 3.63) is 24.0 Å². The highest BCUT2D eigenvalue weighted by Crippen LogP contribution is 2.06. The molecule has 0 saturated heterocycles. The van der Waals surface area contributed by atoms with Crippen molar-refractivity contribution in [2.45, 2.75) is 6.42 Å². The zero-order chi connectivity index (χ0) is 5.82. The van der Waals surface area contributed by atoms with Gasteiger partial charge < -0.3 is 0 Å². The van der Waals surface area contributed by atoms with Crippen molar-refractivity contribution in [1.29, 1.82) is 0 Å². The molecule has 2 heteroatoms. The van der Waals surface area contributed by atoms with E-state index in [4.69, 9.17) is 0 Å². The Balaban J connectivity index is 2.28. The molecule has 0 amide bonds. The van der Waals surface area contributed by atoms with Gasteiger partial charge in [0.25, 0.3) is 0 Å². The number of hydrogen-bond donors (Lipinski definition) is 0. The summed E-state index contributed by atoms with van der Waals surface area (Å²) in [5.41, 5.74) is 1.17. The molecule has 0 fully saturated rings. The molecule has 1 heterocycles. The van der Waals surface area contributed by atoms with E-state index < -0.39 is 0 Å². The average Bonchev–Trinajstić information content (AvgIpc) is 2.19. The van der Waals surface area contributed by atoms with Crippen LogP contribution in [-0.2, 0) is 0 Å². The third kappa shape index (κ3) is 1.37. The number of rotatable bonds is 2. The molecular formula is C6H7BrN. The van der Waals surface area contributed by atoms with Gasteiger partial charge in [0.05, 0.1) is 0 Å². The van der Waals surface area contributed by atoms with E-state index in [1.165, 1.54) is 5.70 Å². The predicted molar refractivity (Wildman–Crippen MR) is 37.8 cm³/mol. The lowest BCUT2D eigenvalue weighted by molar-refractivity contribution is 0.964. The summed E-state index contributed by atoms with van der Waals surface area (Å²) in [7, 11) is 0. The minimum absolute atomic E-state index is 1.00. The standard InChI is InChI=1S/C6H7BrN/c7-4-3-6-2-1-5-8-6/h1-2,5H,3-4H2. The van der Waals surface area contributed by atoms with Crippen molar-refractivity contribution in [2.75, 3.05) is 5.33 Å². The second-order valence-corrected chi connectivity index (χ2v) is 2.36. The quantitative estimate of drug-likeness (QED) is 0.565. The van der Waals surface area contributed by atoms with Gasteiger partial charge in [0.1, 0.15) is 0 Å². The lowest BCUT2D eigenvalue weighted by Gasteiger charge is -1.92. The van der Waals surface area contributed by atoms with E-state index in [2.05, 4.69) is 21.2 Å². The molecule has 0 bridgehead atoms. The highest BCUT2D eigenvalue weighted by Gasteiger charge is 1.96. The highest BCUT2D eigenvalue weighted by atomic mass is 79.9. The Kier molecular flexibility index (Phi) is 2.15. The van der Waals surface area contributed by atoms with E-state index in [1.807, 2.05) is 18.4 Å². The molecule has 0 N–H and O–H groups in total. The number of nitrogens with zero attached hydrogens (tertiary/aromatic N) is 1. The molecule has 0 spiro atoms. The van der Waals surface area contributed by atoms with Gasteiger partial charge in [-0.3, -0.25) is 5.32 Å². The van der Waals surface area contributed by atoms with Crippen molar-refractivity contribution in [1.82, 2.24) is 5.32 Å². The van der Waals surface area contributed by atoms with E-state index >= 15 is 0 Å². The Morgan fingerprint density at radius 2 is 2.50 bits per heavy atom. The van der Waals surface area contributed by atoms with E-state index in [0.717, 1.165) is 11.8 Å². The first kappa shape index (κ1) is 5.89. The molecule has 43 valence electrons. The first-order valence-electron chi connectivity index (χ1n) is 2.56. The Morgan fingerprint density at radius 3 is 3.00 bits per heavy atom. The molecule has 0 aliphatic carbocycles. The zero-order valence-electron chi connectivity index (χ0n) is 4.47. The molecule has 0 aromatic heterocycles. The Morgan fingerprint density at radius 1 is 1.62 bits per heavy atom. The lowest BCUT2D eigenvalue weighted by atomic mass is 10.3. The van der Waals surface area contributed by atoms with Crippen molar-refractivity contribution < 1.29 is 0 Å².